The zero-order chi connectivity index (χ0) is 11.7. The molecule has 2 heterocycles. The molecule has 1 aliphatic heterocycles. The van der Waals surface area contributed by atoms with Crippen LogP contribution in [-0.4, -0.2) is 56.1 Å². The smallest absolute Gasteiger partial charge is 0.244 e. The third-order valence-corrected chi connectivity index (χ3v) is 2.56. The maximum absolute atomic E-state index is 11.7. The number of carbonyl (C=O) groups is 1. The fourth-order valence-corrected chi connectivity index (χ4v) is 1.68. The number of nitrogen functional groups attached to an aromatic ring is 1. The standard InChI is InChI=1S/C9H14N4O3/c10-6-1-11-13(2-6)5-9(16)12-3-7(14)8(15)4-12/h1-2,7-8,14-15H,3-5,10H2. The number of carbonyl (C=O) groups excluding carboxylic acids is 1. The van der Waals surface area contributed by atoms with E-state index in [2.05, 4.69) is 5.10 Å². The van der Waals surface area contributed by atoms with Crippen LogP contribution in [0.1, 0.15) is 0 Å². The van der Waals surface area contributed by atoms with Gasteiger partial charge in [-0.15, -0.1) is 0 Å². The molecule has 16 heavy (non-hydrogen) atoms. The molecule has 0 radical (unpaired) electrons. The van der Waals surface area contributed by atoms with Crippen molar-refractivity contribution < 1.29 is 15.0 Å². The van der Waals surface area contributed by atoms with Gasteiger partial charge in [-0.2, -0.15) is 5.10 Å². The van der Waals surface area contributed by atoms with Crippen LogP contribution in [0.15, 0.2) is 12.4 Å². The SMILES string of the molecule is Nc1cnn(CC(=O)N2CC(O)C(O)C2)c1. The number of anilines is 1. The molecule has 2 unspecified atom stereocenters. The van der Waals surface area contributed by atoms with Gasteiger partial charge in [0.2, 0.25) is 5.91 Å². The summed E-state index contributed by atoms with van der Waals surface area (Å²) in [6.45, 7) is 0.393. The molecule has 1 aromatic rings. The van der Waals surface area contributed by atoms with Crippen LogP contribution >= 0.6 is 0 Å². The number of hydrogen-bond donors (Lipinski definition) is 3. The molecule has 1 saturated heterocycles. The highest BCUT2D eigenvalue weighted by Crippen LogP contribution is 2.10. The molecule has 1 fully saturated rings. The van der Waals surface area contributed by atoms with E-state index < -0.39 is 12.2 Å². The molecule has 0 spiro atoms. The minimum Gasteiger partial charge on any atom is -0.396 e. The monoisotopic (exact) mass is 226 g/mol. The largest absolute Gasteiger partial charge is 0.396 e. The summed E-state index contributed by atoms with van der Waals surface area (Å²) in [6.07, 6.45) is 1.31. The lowest BCUT2D eigenvalue weighted by atomic mass is 10.3. The van der Waals surface area contributed by atoms with Gasteiger partial charge in [0.15, 0.2) is 0 Å². The van der Waals surface area contributed by atoms with Gasteiger partial charge < -0.3 is 20.8 Å². The highest BCUT2D eigenvalue weighted by atomic mass is 16.3. The van der Waals surface area contributed by atoms with E-state index in [1.807, 2.05) is 0 Å². The minimum atomic E-state index is -0.855. The summed E-state index contributed by atoms with van der Waals surface area (Å²) in [7, 11) is 0. The van der Waals surface area contributed by atoms with Gasteiger partial charge in [0.25, 0.3) is 0 Å². The van der Waals surface area contributed by atoms with Gasteiger partial charge >= 0.3 is 0 Å². The molecule has 0 aromatic carbocycles. The third kappa shape index (κ3) is 2.15. The second-order valence-corrected chi connectivity index (χ2v) is 3.90. The van der Waals surface area contributed by atoms with E-state index in [-0.39, 0.29) is 25.5 Å². The number of hydrogen-bond acceptors (Lipinski definition) is 5. The lowest BCUT2D eigenvalue weighted by molar-refractivity contribution is -0.131. The highest BCUT2D eigenvalue weighted by Gasteiger charge is 2.32. The molecule has 7 heteroatoms. The summed E-state index contributed by atoms with van der Waals surface area (Å²) in [5, 5.41) is 22.5. The molecule has 4 N–H and O–H groups in total. The Bertz CT molecular complexity index is 382. The van der Waals surface area contributed by atoms with E-state index >= 15 is 0 Å². The summed E-state index contributed by atoms with van der Waals surface area (Å²) >= 11 is 0. The summed E-state index contributed by atoms with van der Waals surface area (Å²) < 4.78 is 1.43. The van der Waals surface area contributed by atoms with Crippen molar-refractivity contribution in [2.75, 3.05) is 18.8 Å². The number of β-amino-alcohol motifs (C(OH)–C–C–N with tert-alkyl or cyclic N) is 2. The van der Waals surface area contributed by atoms with E-state index in [4.69, 9.17) is 5.73 Å². The van der Waals surface area contributed by atoms with Gasteiger partial charge in [-0.1, -0.05) is 0 Å². The van der Waals surface area contributed by atoms with Crippen molar-refractivity contribution >= 4 is 11.6 Å². The molecule has 2 atom stereocenters. The lowest BCUT2D eigenvalue weighted by Gasteiger charge is -2.14. The van der Waals surface area contributed by atoms with Gasteiger partial charge in [-0.3, -0.25) is 9.48 Å². The van der Waals surface area contributed by atoms with E-state index in [0.717, 1.165) is 0 Å². The number of nitrogens with two attached hydrogens (primary N) is 1. The average molecular weight is 226 g/mol. The number of aliphatic hydroxyl groups is 2. The number of rotatable bonds is 2. The summed E-state index contributed by atoms with van der Waals surface area (Å²) in [4.78, 5) is 13.1. The Kier molecular flexibility index (Phi) is 2.80. The quantitative estimate of drug-likeness (QED) is 0.542. The van der Waals surface area contributed by atoms with Crippen LogP contribution in [0, 0.1) is 0 Å². The van der Waals surface area contributed by atoms with Crippen LogP contribution in [0.25, 0.3) is 0 Å². The van der Waals surface area contributed by atoms with E-state index in [0.29, 0.717) is 5.69 Å². The Labute approximate surface area is 92.1 Å². The fourth-order valence-electron chi connectivity index (χ4n) is 1.68. The van der Waals surface area contributed by atoms with Gasteiger partial charge in [0.05, 0.1) is 24.1 Å². The Hall–Kier alpha value is -1.60. The zero-order valence-corrected chi connectivity index (χ0v) is 8.65. The van der Waals surface area contributed by atoms with E-state index in [1.165, 1.54) is 15.8 Å². The molecule has 1 aliphatic rings. The normalized spacial score (nSPS) is 25.0. The van der Waals surface area contributed by atoms with Crippen LogP contribution in [-0.2, 0) is 11.3 Å². The highest BCUT2D eigenvalue weighted by molar-refractivity contribution is 5.76. The third-order valence-electron chi connectivity index (χ3n) is 2.56. The Morgan fingerprint density at radius 2 is 2.12 bits per heavy atom. The number of amides is 1. The second kappa shape index (κ2) is 4.11. The Morgan fingerprint density at radius 3 is 2.62 bits per heavy atom. The first-order valence-electron chi connectivity index (χ1n) is 4.98. The second-order valence-electron chi connectivity index (χ2n) is 3.90. The van der Waals surface area contributed by atoms with Crippen LogP contribution < -0.4 is 5.73 Å². The van der Waals surface area contributed by atoms with Crippen molar-refractivity contribution in [3.05, 3.63) is 12.4 Å². The number of nitrogens with zero attached hydrogens (tertiary/aromatic N) is 3. The Morgan fingerprint density at radius 1 is 1.50 bits per heavy atom. The van der Waals surface area contributed by atoms with Crippen LogP contribution in [0.2, 0.25) is 0 Å². The molecule has 88 valence electrons. The number of aliphatic hydroxyl groups excluding tert-OH is 2. The number of likely N-dealkylation sites (tertiary alicyclic amines) is 1. The fraction of sp³-hybridized carbons (Fsp3) is 0.556. The molecular weight excluding hydrogens is 212 g/mol. The first-order chi connectivity index (χ1) is 7.56. The lowest BCUT2D eigenvalue weighted by Crippen LogP contribution is -2.33. The minimum absolute atomic E-state index is 0.0661. The van der Waals surface area contributed by atoms with Crippen molar-refractivity contribution in [2.24, 2.45) is 0 Å². The van der Waals surface area contributed by atoms with Crippen molar-refractivity contribution in [2.45, 2.75) is 18.8 Å². The van der Waals surface area contributed by atoms with Crippen LogP contribution in [0.5, 0.6) is 0 Å². The molecule has 2 rings (SSSR count). The molecular formula is C9H14N4O3. The van der Waals surface area contributed by atoms with Gasteiger partial charge in [-0.05, 0) is 0 Å². The topological polar surface area (TPSA) is 105 Å². The maximum atomic E-state index is 11.7. The van der Waals surface area contributed by atoms with Gasteiger partial charge in [0.1, 0.15) is 6.54 Å². The number of aromatic nitrogens is 2. The van der Waals surface area contributed by atoms with Gasteiger partial charge in [0, 0.05) is 19.3 Å². The first kappa shape index (κ1) is 10.9. The molecule has 0 bridgehead atoms. The van der Waals surface area contributed by atoms with Gasteiger partial charge in [-0.25, -0.2) is 0 Å². The van der Waals surface area contributed by atoms with E-state index in [9.17, 15) is 15.0 Å². The molecule has 0 saturated carbocycles. The van der Waals surface area contributed by atoms with Crippen molar-refractivity contribution in [3.8, 4) is 0 Å². The molecule has 1 amide bonds. The van der Waals surface area contributed by atoms with Crippen LogP contribution in [0.3, 0.4) is 0 Å². The summed E-state index contributed by atoms with van der Waals surface area (Å²) in [5.74, 6) is -0.196. The average Bonchev–Trinajstić information content (AvgIpc) is 2.75. The zero-order valence-electron chi connectivity index (χ0n) is 8.65. The van der Waals surface area contributed by atoms with Crippen molar-refractivity contribution in [3.63, 3.8) is 0 Å². The molecule has 0 aliphatic carbocycles. The maximum Gasteiger partial charge on any atom is 0.244 e. The summed E-state index contributed by atoms with van der Waals surface area (Å²) in [5.41, 5.74) is 5.96. The molecule has 1 aromatic heterocycles. The Balaban J connectivity index is 1.94. The van der Waals surface area contributed by atoms with Crippen molar-refractivity contribution in [1.82, 2.24) is 14.7 Å². The first-order valence-corrected chi connectivity index (χ1v) is 4.98. The predicted octanol–water partition coefficient (Wildman–Crippen LogP) is -1.97. The van der Waals surface area contributed by atoms with E-state index in [1.54, 1.807) is 6.20 Å². The van der Waals surface area contributed by atoms with Crippen molar-refractivity contribution in [1.29, 1.82) is 0 Å². The molecule has 7 nitrogen and oxygen atoms in total. The predicted molar refractivity (Wildman–Crippen MR) is 55.2 cm³/mol. The van der Waals surface area contributed by atoms with Crippen LogP contribution in [0.4, 0.5) is 5.69 Å². The summed E-state index contributed by atoms with van der Waals surface area (Å²) in [6, 6.07) is 0.